The molecule has 1 atom stereocenters. The van der Waals surface area contributed by atoms with Gasteiger partial charge in [-0.25, -0.2) is 0 Å². The highest BCUT2D eigenvalue weighted by molar-refractivity contribution is 5.84. The molecular weight excluding hydrogens is 178 g/mol. The van der Waals surface area contributed by atoms with E-state index in [1.165, 1.54) is 0 Å². The number of H-pyrrole nitrogens is 1. The van der Waals surface area contributed by atoms with E-state index in [1.807, 2.05) is 18.5 Å². The lowest BCUT2D eigenvalue weighted by molar-refractivity contribution is -0.121. The Balaban J connectivity index is 1.98. The summed E-state index contributed by atoms with van der Waals surface area (Å²) in [5.41, 5.74) is 0.979. The fourth-order valence-corrected chi connectivity index (χ4v) is 1.69. The smallest absolute Gasteiger partial charge is 0.242 e. The maximum Gasteiger partial charge on any atom is 0.242 e. The summed E-state index contributed by atoms with van der Waals surface area (Å²) >= 11 is 0. The molecule has 0 unspecified atom stereocenters. The number of amides is 1. The number of rotatable bonds is 2. The molecule has 1 aromatic rings. The van der Waals surface area contributed by atoms with Crippen molar-refractivity contribution in [1.29, 1.82) is 0 Å². The minimum atomic E-state index is -0.0756. The number of carbonyl (C=O) groups is 1. The molecule has 0 aliphatic carbocycles. The molecule has 4 nitrogen and oxygen atoms in total. The standard InChI is InChI=1S/C10H15N3O/c14-10-9(3-1-2-5-12-10)13-8-4-6-11-7-8/h4,6-7,9,11,13H,1-3,5H2,(H,12,14)/t9-/m0/s1. The zero-order valence-corrected chi connectivity index (χ0v) is 8.05. The van der Waals surface area contributed by atoms with Crippen LogP contribution in [0, 0.1) is 0 Å². The predicted molar refractivity (Wildman–Crippen MR) is 55.1 cm³/mol. The van der Waals surface area contributed by atoms with E-state index in [1.54, 1.807) is 0 Å². The van der Waals surface area contributed by atoms with Gasteiger partial charge in [0.2, 0.25) is 5.91 Å². The van der Waals surface area contributed by atoms with Crippen LogP contribution in [-0.2, 0) is 4.79 Å². The average molecular weight is 193 g/mol. The average Bonchev–Trinajstić information content (AvgIpc) is 2.60. The van der Waals surface area contributed by atoms with Crippen LogP contribution in [-0.4, -0.2) is 23.5 Å². The van der Waals surface area contributed by atoms with Crippen molar-refractivity contribution in [2.45, 2.75) is 25.3 Å². The normalized spacial score (nSPS) is 22.6. The Bertz CT molecular complexity index is 294. The number of aromatic amines is 1. The lowest BCUT2D eigenvalue weighted by Gasteiger charge is -2.14. The molecule has 2 rings (SSSR count). The molecule has 1 saturated heterocycles. The van der Waals surface area contributed by atoms with Crippen LogP contribution in [0.4, 0.5) is 5.69 Å². The van der Waals surface area contributed by atoms with Crippen molar-refractivity contribution in [3.05, 3.63) is 18.5 Å². The van der Waals surface area contributed by atoms with Crippen LogP contribution in [0.2, 0.25) is 0 Å². The summed E-state index contributed by atoms with van der Waals surface area (Å²) in [5, 5.41) is 6.10. The van der Waals surface area contributed by atoms with Crippen LogP contribution in [0.15, 0.2) is 18.5 Å². The van der Waals surface area contributed by atoms with E-state index in [0.29, 0.717) is 0 Å². The van der Waals surface area contributed by atoms with Gasteiger partial charge in [0.25, 0.3) is 0 Å². The van der Waals surface area contributed by atoms with Crippen molar-refractivity contribution >= 4 is 11.6 Å². The van der Waals surface area contributed by atoms with Gasteiger partial charge in [-0.2, -0.15) is 0 Å². The molecule has 1 amide bonds. The number of carbonyl (C=O) groups excluding carboxylic acids is 1. The molecule has 0 bridgehead atoms. The van der Waals surface area contributed by atoms with Crippen molar-refractivity contribution < 1.29 is 4.79 Å². The third-order valence-corrected chi connectivity index (χ3v) is 2.47. The quantitative estimate of drug-likeness (QED) is 0.658. The van der Waals surface area contributed by atoms with Gasteiger partial charge in [-0.3, -0.25) is 4.79 Å². The van der Waals surface area contributed by atoms with Gasteiger partial charge < -0.3 is 15.6 Å². The third kappa shape index (κ3) is 2.07. The Morgan fingerprint density at radius 1 is 1.43 bits per heavy atom. The Kier molecular flexibility index (Phi) is 2.72. The fraction of sp³-hybridized carbons (Fsp3) is 0.500. The topological polar surface area (TPSA) is 56.9 Å². The summed E-state index contributed by atoms with van der Waals surface area (Å²) in [5.74, 6) is 0.115. The van der Waals surface area contributed by atoms with E-state index in [0.717, 1.165) is 31.5 Å². The molecule has 1 aliphatic rings. The van der Waals surface area contributed by atoms with Crippen LogP contribution in [0.3, 0.4) is 0 Å². The Labute approximate surface area is 83.1 Å². The number of anilines is 1. The molecule has 2 heterocycles. The van der Waals surface area contributed by atoms with Crippen molar-refractivity contribution in [3.8, 4) is 0 Å². The molecular formula is C10H15N3O. The van der Waals surface area contributed by atoms with Crippen molar-refractivity contribution in [3.63, 3.8) is 0 Å². The molecule has 1 fully saturated rings. The molecule has 14 heavy (non-hydrogen) atoms. The minimum Gasteiger partial charge on any atom is -0.372 e. The largest absolute Gasteiger partial charge is 0.372 e. The Hall–Kier alpha value is -1.45. The van der Waals surface area contributed by atoms with Gasteiger partial charge in [0.05, 0.1) is 5.69 Å². The summed E-state index contributed by atoms with van der Waals surface area (Å²) in [7, 11) is 0. The third-order valence-electron chi connectivity index (χ3n) is 2.47. The van der Waals surface area contributed by atoms with E-state index in [9.17, 15) is 4.79 Å². The molecule has 0 saturated carbocycles. The molecule has 0 radical (unpaired) electrons. The molecule has 0 aromatic carbocycles. The van der Waals surface area contributed by atoms with Crippen LogP contribution >= 0.6 is 0 Å². The first kappa shape index (κ1) is 9.12. The van der Waals surface area contributed by atoms with E-state index in [2.05, 4.69) is 15.6 Å². The molecule has 4 heteroatoms. The number of hydrogen-bond acceptors (Lipinski definition) is 2. The molecule has 1 aliphatic heterocycles. The summed E-state index contributed by atoms with van der Waals surface area (Å²) in [6.07, 6.45) is 6.80. The Morgan fingerprint density at radius 2 is 2.36 bits per heavy atom. The zero-order chi connectivity index (χ0) is 9.80. The van der Waals surface area contributed by atoms with Gasteiger partial charge in [0.15, 0.2) is 0 Å². The lowest BCUT2D eigenvalue weighted by atomic mass is 10.1. The van der Waals surface area contributed by atoms with Gasteiger partial charge >= 0.3 is 0 Å². The van der Waals surface area contributed by atoms with E-state index in [-0.39, 0.29) is 11.9 Å². The van der Waals surface area contributed by atoms with Crippen LogP contribution in [0.25, 0.3) is 0 Å². The second-order valence-corrected chi connectivity index (χ2v) is 3.58. The first-order valence-corrected chi connectivity index (χ1v) is 5.03. The summed E-state index contributed by atoms with van der Waals surface area (Å²) in [6, 6.07) is 1.85. The first-order chi connectivity index (χ1) is 6.86. The second kappa shape index (κ2) is 4.17. The van der Waals surface area contributed by atoms with Crippen molar-refractivity contribution in [1.82, 2.24) is 10.3 Å². The highest BCUT2D eigenvalue weighted by Crippen LogP contribution is 2.12. The van der Waals surface area contributed by atoms with Gasteiger partial charge in [-0.15, -0.1) is 0 Å². The first-order valence-electron chi connectivity index (χ1n) is 5.03. The fourth-order valence-electron chi connectivity index (χ4n) is 1.69. The van der Waals surface area contributed by atoms with Crippen LogP contribution in [0.1, 0.15) is 19.3 Å². The summed E-state index contributed by atoms with van der Waals surface area (Å²) in [4.78, 5) is 14.5. The minimum absolute atomic E-state index is 0.0756. The Morgan fingerprint density at radius 3 is 3.14 bits per heavy atom. The van der Waals surface area contributed by atoms with Gasteiger partial charge in [-0.05, 0) is 25.3 Å². The monoisotopic (exact) mass is 193 g/mol. The van der Waals surface area contributed by atoms with Crippen molar-refractivity contribution in [2.75, 3.05) is 11.9 Å². The van der Waals surface area contributed by atoms with Gasteiger partial charge in [0.1, 0.15) is 6.04 Å². The molecule has 0 spiro atoms. The van der Waals surface area contributed by atoms with E-state index >= 15 is 0 Å². The number of hydrogen-bond donors (Lipinski definition) is 3. The maximum atomic E-state index is 11.6. The van der Waals surface area contributed by atoms with Crippen LogP contribution in [0.5, 0.6) is 0 Å². The second-order valence-electron chi connectivity index (χ2n) is 3.58. The zero-order valence-electron chi connectivity index (χ0n) is 8.05. The highest BCUT2D eigenvalue weighted by Gasteiger charge is 2.19. The molecule has 3 N–H and O–H groups in total. The molecule has 76 valence electrons. The van der Waals surface area contributed by atoms with Gasteiger partial charge in [-0.1, -0.05) is 0 Å². The van der Waals surface area contributed by atoms with E-state index < -0.39 is 0 Å². The molecule has 1 aromatic heterocycles. The lowest BCUT2D eigenvalue weighted by Crippen LogP contribution is -2.37. The number of aromatic nitrogens is 1. The maximum absolute atomic E-state index is 11.6. The number of nitrogens with one attached hydrogen (secondary N) is 3. The summed E-state index contributed by atoms with van der Waals surface area (Å²) in [6.45, 7) is 0.810. The van der Waals surface area contributed by atoms with E-state index in [4.69, 9.17) is 0 Å². The highest BCUT2D eigenvalue weighted by atomic mass is 16.2. The van der Waals surface area contributed by atoms with Crippen LogP contribution < -0.4 is 10.6 Å². The van der Waals surface area contributed by atoms with Crippen molar-refractivity contribution in [2.24, 2.45) is 0 Å². The summed E-state index contributed by atoms with van der Waals surface area (Å²) < 4.78 is 0. The van der Waals surface area contributed by atoms with Gasteiger partial charge in [0, 0.05) is 18.9 Å². The SMILES string of the molecule is O=C1NCCCC[C@@H]1Nc1cc[nH]c1. The predicted octanol–water partition coefficient (Wildman–Crippen LogP) is 1.10.